The number of hydrogen-bond donors (Lipinski definition) is 1. The second-order valence-electron chi connectivity index (χ2n) is 5.36. The van der Waals surface area contributed by atoms with E-state index in [0.29, 0.717) is 28.9 Å². The van der Waals surface area contributed by atoms with Crippen molar-refractivity contribution < 1.29 is 4.74 Å². The number of nitrogens with one attached hydrogen (secondary N) is 1. The summed E-state index contributed by atoms with van der Waals surface area (Å²) in [5.41, 5.74) is 3.10. The van der Waals surface area contributed by atoms with Crippen LogP contribution in [0.15, 0.2) is 72.8 Å². The molecule has 2 nitrogen and oxygen atoms in total. The Morgan fingerprint density at radius 3 is 2.29 bits per heavy atom. The van der Waals surface area contributed by atoms with Gasteiger partial charge in [0.1, 0.15) is 12.4 Å². The van der Waals surface area contributed by atoms with E-state index < -0.39 is 0 Å². The molecule has 0 fully saturated rings. The van der Waals surface area contributed by atoms with Gasteiger partial charge in [0.05, 0.1) is 5.02 Å². The predicted octanol–water partition coefficient (Wildman–Crippen LogP) is 6.18. The van der Waals surface area contributed by atoms with Crippen molar-refractivity contribution in [2.75, 3.05) is 5.32 Å². The molecule has 3 rings (SSSR count). The van der Waals surface area contributed by atoms with Gasteiger partial charge in [-0.2, -0.15) is 0 Å². The smallest absolute Gasteiger partial charge is 0.138 e. The first-order chi connectivity index (χ1) is 11.7. The van der Waals surface area contributed by atoms with E-state index in [4.69, 9.17) is 27.9 Å². The Hall–Kier alpha value is -2.16. The van der Waals surface area contributed by atoms with Crippen molar-refractivity contribution in [1.29, 1.82) is 0 Å². The normalized spacial score (nSPS) is 10.4. The molecule has 0 aliphatic rings. The van der Waals surface area contributed by atoms with Crippen molar-refractivity contribution in [1.82, 2.24) is 0 Å². The second kappa shape index (κ2) is 8.09. The van der Waals surface area contributed by atoms with E-state index >= 15 is 0 Å². The van der Waals surface area contributed by atoms with Crippen LogP contribution >= 0.6 is 23.2 Å². The van der Waals surface area contributed by atoms with Crippen LogP contribution in [0, 0.1) is 0 Å². The van der Waals surface area contributed by atoms with Gasteiger partial charge < -0.3 is 10.1 Å². The summed E-state index contributed by atoms with van der Waals surface area (Å²) in [6.07, 6.45) is 0. The molecule has 0 spiro atoms. The third-order valence-corrected chi connectivity index (χ3v) is 4.27. The SMILES string of the molecule is Clc1ccccc1COc1ccc(CNc2ccccc2)cc1Cl. The fraction of sp³-hybridized carbons (Fsp3) is 0.100. The molecule has 0 aliphatic carbocycles. The third kappa shape index (κ3) is 4.44. The molecule has 1 N–H and O–H groups in total. The number of anilines is 1. The van der Waals surface area contributed by atoms with E-state index in [-0.39, 0.29) is 0 Å². The zero-order valence-electron chi connectivity index (χ0n) is 13.0. The molecule has 0 aromatic heterocycles. The lowest BCUT2D eigenvalue weighted by molar-refractivity contribution is 0.306. The van der Waals surface area contributed by atoms with Gasteiger partial charge in [0.25, 0.3) is 0 Å². The number of halogens is 2. The third-order valence-electron chi connectivity index (χ3n) is 3.61. The molecule has 0 aliphatic heterocycles. The highest BCUT2D eigenvalue weighted by molar-refractivity contribution is 6.32. The van der Waals surface area contributed by atoms with Crippen molar-refractivity contribution in [3.05, 3.63) is 94.0 Å². The Morgan fingerprint density at radius 1 is 0.792 bits per heavy atom. The molecule has 4 heteroatoms. The highest BCUT2D eigenvalue weighted by atomic mass is 35.5. The van der Waals surface area contributed by atoms with Gasteiger partial charge in [-0.3, -0.25) is 0 Å². The van der Waals surface area contributed by atoms with Crippen LogP contribution in [0.2, 0.25) is 10.0 Å². The summed E-state index contributed by atoms with van der Waals surface area (Å²) >= 11 is 12.5. The van der Waals surface area contributed by atoms with Gasteiger partial charge >= 0.3 is 0 Å². The first-order valence-electron chi connectivity index (χ1n) is 7.66. The first-order valence-corrected chi connectivity index (χ1v) is 8.41. The Kier molecular flexibility index (Phi) is 5.63. The van der Waals surface area contributed by atoms with Crippen molar-refractivity contribution >= 4 is 28.9 Å². The number of hydrogen-bond acceptors (Lipinski definition) is 2. The molecule has 0 amide bonds. The van der Waals surface area contributed by atoms with E-state index in [1.54, 1.807) is 0 Å². The van der Waals surface area contributed by atoms with E-state index in [1.807, 2.05) is 72.8 Å². The summed E-state index contributed by atoms with van der Waals surface area (Å²) in [6.45, 7) is 1.09. The first kappa shape index (κ1) is 16.7. The second-order valence-corrected chi connectivity index (χ2v) is 6.18. The predicted molar refractivity (Wildman–Crippen MR) is 101 cm³/mol. The molecule has 0 radical (unpaired) electrons. The zero-order valence-corrected chi connectivity index (χ0v) is 14.5. The van der Waals surface area contributed by atoms with E-state index in [2.05, 4.69) is 5.32 Å². The zero-order chi connectivity index (χ0) is 16.8. The molecule has 3 aromatic carbocycles. The summed E-state index contributed by atoms with van der Waals surface area (Å²) in [5.74, 6) is 0.653. The van der Waals surface area contributed by atoms with Crippen LogP contribution in [0.1, 0.15) is 11.1 Å². The van der Waals surface area contributed by atoms with E-state index in [1.165, 1.54) is 0 Å². The van der Waals surface area contributed by atoms with Crippen LogP contribution in [0.4, 0.5) is 5.69 Å². The molecule has 122 valence electrons. The minimum absolute atomic E-state index is 0.390. The van der Waals surface area contributed by atoms with Crippen molar-refractivity contribution in [2.24, 2.45) is 0 Å². The van der Waals surface area contributed by atoms with E-state index in [9.17, 15) is 0 Å². The van der Waals surface area contributed by atoms with Crippen molar-refractivity contribution in [3.63, 3.8) is 0 Å². The summed E-state index contributed by atoms with van der Waals surface area (Å²) in [6, 6.07) is 23.5. The molecule has 0 bridgehead atoms. The average molecular weight is 358 g/mol. The van der Waals surface area contributed by atoms with Crippen LogP contribution < -0.4 is 10.1 Å². The maximum absolute atomic E-state index is 6.33. The largest absolute Gasteiger partial charge is 0.487 e. The maximum atomic E-state index is 6.33. The number of rotatable bonds is 6. The van der Waals surface area contributed by atoms with Gasteiger partial charge in [0.2, 0.25) is 0 Å². The molecular weight excluding hydrogens is 341 g/mol. The summed E-state index contributed by atoms with van der Waals surface area (Å²) in [7, 11) is 0. The Bertz CT molecular complexity index is 806. The summed E-state index contributed by atoms with van der Waals surface area (Å²) in [5, 5.41) is 4.64. The highest BCUT2D eigenvalue weighted by Crippen LogP contribution is 2.27. The number of ether oxygens (including phenoxy) is 1. The minimum atomic E-state index is 0.390. The van der Waals surface area contributed by atoms with Gasteiger partial charge in [0.15, 0.2) is 0 Å². The average Bonchev–Trinajstić information content (AvgIpc) is 2.61. The number of benzene rings is 3. The summed E-state index contributed by atoms with van der Waals surface area (Å²) < 4.78 is 5.78. The van der Waals surface area contributed by atoms with E-state index in [0.717, 1.165) is 16.8 Å². The highest BCUT2D eigenvalue weighted by Gasteiger charge is 2.05. The lowest BCUT2D eigenvalue weighted by Gasteiger charge is -2.11. The van der Waals surface area contributed by atoms with Gasteiger partial charge in [-0.25, -0.2) is 0 Å². The lowest BCUT2D eigenvalue weighted by Crippen LogP contribution is -2.00. The number of para-hydroxylation sites is 1. The quantitative estimate of drug-likeness (QED) is 0.568. The van der Waals surface area contributed by atoms with Crippen LogP contribution in [-0.2, 0) is 13.2 Å². The molecule has 24 heavy (non-hydrogen) atoms. The Morgan fingerprint density at radius 2 is 1.54 bits per heavy atom. The molecule has 0 atom stereocenters. The topological polar surface area (TPSA) is 21.3 Å². The van der Waals surface area contributed by atoms with Crippen LogP contribution in [0.3, 0.4) is 0 Å². The van der Waals surface area contributed by atoms with Gasteiger partial charge in [-0.05, 0) is 35.9 Å². The fourth-order valence-corrected chi connectivity index (χ4v) is 2.75. The minimum Gasteiger partial charge on any atom is -0.487 e. The molecule has 3 aromatic rings. The Balaban J connectivity index is 1.61. The molecule has 0 heterocycles. The summed E-state index contributed by atoms with van der Waals surface area (Å²) in [4.78, 5) is 0. The van der Waals surface area contributed by atoms with Crippen LogP contribution in [0.5, 0.6) is 5.75 Å². The van der Waals surface area contributed by atoms with Gasteiger partial charge in [-0.1, -0.05) is 65.7 Å². The van der Waals surface area contributed by atoms with Gasteiger partial charge in [-0.15, -0.1) is 0 Å². The van der Waals surface area contributed by atoms with Crippen molar-refractivity contribution in [3.8, 4) is 5.75 Å². The molecular formula is C20H17Cl2NO. The lowest BCUT2D eigenvalue weighted by atomic mass is 10.2. The van der Waals surface area contributed by atoms with Crippen LogP contribution in [-0.4, -0.2) is 0 Å². The molecule has 0 saturated carbocycles. The van der Waals surface area contributed by atoms with Gasteiger partial charge in [0, 0.05) is 22.8 Å². The monoisotopic (exact) mass is 357 g/mol. The van der Waals surface area contributed by atoms with Crippen LogP contribution in [0.25, 0.3) is 0 Å². The maximum Gasteiger partial charge on any atom is 0.138 e. The Labute approximate surface area is 152 Å². The molecule has 0 saturated heterocycles. The van der Waals surface area contributed by atoms with Crippen molar-refractivity contribution in [2.45, 2.75) is 13.2 Å². The standard InChI is InChI=1S/C20H17Cl2NO/c21-18-9-5-4-6-16(18)14-24-20-11-10-15(12-19(20)22)13-23-17-7-2-1-3-8-17/h1-12,23H,13-14H2. The fourth-order valence-electron chi connectivity index (χ4n) is 2.30. The molecule has 0 unspecified atom stereocenters.